The van der Waals surface area contributed by atoms with Crippen molar-refractivity contribution in [1.29, 1.82) is 0 Å². The van der Waals surface area contributed by atoms with Crippen LogP contribution in [-0.4, -0.2) is 5.66 Å². The molecule has 0 radical (unpaired) electrons. The Morgan fingerprint density at radius 3 is 1.86 bits per heavy atom. The second-order valence-electron chi connectivity index (χ2n) is 2.26. The lowest BCUT2D eigenvalue weighted by Gasteiger charge is -2.15. The van der Waals surface area contributed by atoms with Gasteiger partial charge in [0.15, 0.2) is 0 Å². The first kappa shape index (κ1) is 6.92. The molecule has 0 rings (SSSR count). The fourth-order valence-corrected chi connectivity index (χ4v) is 0.539. The molecule has 0 aliphatic carbocycles. The summed E-state index contributed by atoms with van der Waals surface area (Å²) >= 11 is 0. The highest BCUT2D eigenvalue weighted by Gasteiger charge is 2.06. The third kappa shape index (κ3) is 5.92. The molecule has 0 unspecified atom stereocenters. The standard InChI is InChI=1S/C5H14N2/c1-3-4-5(2,6)7/h3-4,6-7H2,1-2H3. The Labute approximate surface area is 44.9 Å². The van der Waals surface area contributed by atoms with Crippen molar-refractivity contribution in [2.24, 2.45) is 11.5 Å². The molecule has 2 heteroatoms. The third-order valence-corrected chi connectivity index (χ3v) is 0.789. The predicted octanol–water partition coefficient (Wildman–Crippen LogP) is 0.420. The van der Waals surface area contributed by atoms with Gasteiger partial charge in [-0.2, -0.15) is 0 Å². The molecule has 4 N–H and O–H groups in total. The van der Waals surface area contributed by atoms with Gasteiger partial charge in [-0.05, 0) is 13.3 Å². The first-order valence-corrected chi connectivity index (χ1v) is 2.64. The molecule has 0 saturated heterocycles. The number of nitrogens with two attached hydrogens (primary N) is 2. The van der Waals surface area contributed by atoms with Gasteiger partial charge in [0.25, 0.3) is 0 Å². The van der Waals surface area contributed by atoms with Crippen LogP contribution in [0.1, 0.15) is 26.7 Å². The summed E-state index contributed by atoms with van der Waals surface area (Å²) in [6.45, 7) is 3.90. The molecule has 0 aliphatic heterocycles. The molecule has 0 aromatic rings. The van der Waals surface area contributed by atoms with Crippen LogP contribution in [0.2, 0.25) is 0 Å². The average Bonchev–Trinajstić information content (AvgIpc) is 1.30. The van der Waals surface area contributed by atoms with Crippen LogP contribution in [0.5, 0.6) is 0 Å². The molecule has 44 valence electrons. The Bertz CT molecular complexity index is 44.5. The smallest absolute Gasteiger partial charge is 0.0607 e. The van der Waals surface area contributed by atoms with Gasteiger partial charge in [0.1, 0.15) is 0 Å². The van der Waals surface area contributed by atoms with Crippen molar-refractivity contribution in [1.82, 2.24) is 0 Å². The van der Waals surface area contributed by atoms with Crippen LogP contribution in [-0.2, 0) is 0 Å². The number of hydrogen-bond donors (Lipinski definition) is 2. The molecule has 7 heavy (non-hydrogen) atoms. The van der Waals surface area contributed by atoms with Gasteiger partial charge in [-0.25, -0.2) is 0 Å². The summed E-state index contributed by atoms with van der Waals surface area (Å²) in [5.41, 5.74) is 10.4. The van der Waals surface area contributed by atoms with Crippen LogP contribution in [0, 0.1) is 0 Å². The second-order valence-corrected chi connectivity index (χ2v) is 2.26. The average molecular weight is 102 g/mol. The minimum absolute atomic E-state index is 0.450. The van der Waals surface area contributed by atoms with Crippen molar-refractivity contribution in [3.8, 4) is 0 Å². The molecule has 0 bridgehead atoms. The number of rotatable bonds is 2. The Morgan fingerprint density at radius 2 is 1.86 bits per heavy atom. The summed E-state index contributed by atoms with van der Waals surface area (Å²) in [6, 6.07) is 0. The maximum Gasteiger partial charge on any atom is 0.0607 e. The van der Waals surface area contributed by atoms with E-state index in [-0.39, 0.29) is 0 Å². The lowest BCUT2D eigenvalue weighted by atomic mass is 10.1. The zero-order chi connectivity index (χ0) is 5.91. The van der Waals surface area contributed by atoms with Crippen LogP contribution in [0.3, 0.4) is 0 Å². The van der Waals surface area contributed by atoms with Gasteiger partial charge in [-0.15, -0.1) is 0 Å². The SMILES string of the molecule is CCCC(C)(N)N. The van der Waals surface area contributed by atoms with Crippen LogP contribution in [0.4, 0.5) is 0 Å². The van der Waals surface area contributed by atoms with E-state index in [1.54, 1.807) is 0 Å². The first-order valence-electron chi connectivity index (χ1n) is 2.64. The van der Waals surface area contributed by atoms with E-state index in [2.05, 4.69) is 6.92 Å². The third-order valence-electron chi connectivity index (χ3n) is 0.789. The van der Waals surface area contributed by atoms with Gasteiger partial charge in [0.2, 0.25) is 0 Å². The highest BCUT2D eigenvalue weighted by atomic mass is 14.9. The van der Waals surface area contributed by atoms with E-state index in [0.717, 1.165) is 12.8 Å². The second kappa shape index (κ2) is 2.28. The highest BCUT2D eigenvalue weighted by Crippen LogP contribution is 1.97. The predicted molar refractivity (Wildman–Crippen MR) is 31.7 cm³/mol. The lowest BCUT2D eigenvalue weighted by molar-refractivity contribution is 0.445. The monoisotopic (exact) mass is 102 g/mol. The molecule has 0 fully saturated rings. The largest absolute Gasteiger partial charge is 0.314 e. The van der Waals surface area contributed by atoms with Crippen molar-refractivity contribution in [2.45, 2.75) is 32.4 Å². The molecule has 0 aliphatic rings. The van der Waals surface area contributed by atoms with Gasteiger partial charge in [-0.1, -0.05) is 13.3 Å². The summed E-state index contributed by atoms with van der Waals surface area (Å²) in [5.74, 6) is 0. The van der Waals surface area contributed by atoms with E-state index >= 15 is 0 Å². The van der Waals surface area contributed by atoms with Gasteiger partial charge in [0.05, 0.1) is 5.66 Å². The molecule has 0 amide bonds. The van der Waals surface area contributed by atoms with Crippen LogP contribution in [0.15, 0.2) is 0 Å². The fraction of sp³-hybridized carbons (Fsp3) is 1.00. The Morgan fingerprint density at radius 1 is 1.43 bits per heavy atom. The van der Waals surface area contributed by atoms with Crippen molar-refractivity contribution in [3.05, 3.63) is 0 Å². The van der Waals surface area contributed by atoms with E-state index < -0.39 is 5.66 Å². The van der Waals surface area contributed by atoms with E-state index in [0.29, 0.717) is 0 Å². The molecule has 0 heterocycles. The Hall–Kier alpha value is -0.0800. The Balaban J connectivity index is 3.15. The normalized spacial score (nSPS) is 12.0. The topological polar surface area (TPSA) is 52.0 Å². The maximum absolute atomic E-state index is 5.42. The summed E-state index contributed by atoms with van der Waals surface area (Å²) in [7, 11) is 0. The molecular weight excluding hydrogens is 88.1 g/mol. The molecule has 2 nitrogen and oxygen atoms in total. The molecule has 0 spiro atoms. The van der Waals surface area contributed by atoms with E-state index in [4.69, 9.17) is 11.5 Å². The van der Waals surface area contributed by atoms with E-state index in [9.17, 15) is 0 Å². The van der Waals surface area contributed by atoms with E-state index in [1.807, 2.05) is 6.92 Å². The minimum atomic E-state index is -0.450. The van der Waals surface area contributed by atoms with E-state index in [1.165, 1.54) is 0 Å². The van der Waals surface area contributed by atoms with Crippen molar-refractivity contribution < 1.29 is 0 Å². The van der Waals surface area contributed by atoms with Gasteiger partial charge >= 0.3 is 0 Å². The van der Waals surface area contributed by atoms with Crippen molar-refractivity contribution in [3.63, 3.8) is 0 Å². The Kier molecular flexibility index (Phi) is 2.26. The maximum atomic E-state index is 5.42. The summed E-state index contributed by atoms with van der Waals surface area (Å²) in [4.78, 5) is 0. The van der Waals surface area contributed by atoms with Crippen molar-refractivity contribution in [2.75, 3.05) is 0 Å². The van der Waals surface area contributed by atoms with Gasteiger partial charge in [0, 0.05) is 0 Å². The first-order chi connectivity index (χ1) is 3.06. The molecule has 0 aromatic carbocycles. The molecule has 0 saturated carbocycles. The number of hydrogen-bond acceptors (Lipinski definition) is 2. The molecule has 0 aromatic heterocycles. The van der Waals surface area contributed by atoms with Crippen LogP contribution in [0.25, 0.3) is 0 Å². The quantitative estimate of drug-likeness (QED) is 0.496. The zero-order valence-corrected chi connectivity index (χ0v) is 5.07. The fourth-order valence-electron chi connectivity index (χ4n) is 0.539. The van der Waals surface area contributed by atoms with Gasteiger partial charge in [-0.3, -0.25) is 0 Å². The van der Waals surface area contributed by atoms with Crippen molar-refractivity contribution >= 4 is 0 Å². The summed E-state index contributed by atoms with van der Waals surface area (Å²) in [5, 5.41) is 0. The van der Waals surface area contributed by atoms with Crippen LogP contribution < -0.4 is 11.5 Å². The van der Waals surface area contributed by atoms with Crippen LogP contribution >= 0.6 is 0 Å². The summed E-state index contributed by atoms with van der Waals surface area (Å²) < 4.78 is 0. The van der Waals surface area contributed by atoms with Gasteiger partial charge < -0.3 is 11.5 Å². The molecule has 0 atom stereocenters. The highest BCUT2D eigenvalue weighted by molar-refractivity contribution is 4.67. The lowest BCUT2D eigenvalue weighted by Crippen LogP contribution is -2.45. The molecular formula is C5H14N2. The summed E-state index contributed by atoms with van der Waals surface area (Å²) in [6.07, 6.45) is 1.95. The zero-order valence-electron chi connectivity index (χ0n) is 5.07. The minimum Gasteiger partial charge on any atom is -0.314 e.